The second-order valence-corrected chi connectivity index (χ2v) is 8.10. The minimum atomic E-state index is -3.58. The standard InChI is InChI=1S/C16H18N2O4S2/c1-3-13(8-9-19)24(21,22)14-6-4-12(5-7-14)15-10-23-16(18-15)17-11(2)20/h3-7,10,13,19H,1,8-9H2,2H3,(H,17,18,20). The van der Waals surface area contributed by atoms with E-state index in [9.17, 15) is 13.2 Å². The van der Waals surface area contributed by atoms with Crippen LogP contribution in [0, 0.1) is 0 Å². The lowest BCUT2D eigenvalue weighted by Crippen LogP contribution is -2.20. The average Bonchev–Trinajstić information content (AvgIpc) is 3.00. The summed E-state index contributed by atoms with van der Waals surface area (Å²) >= 11 is 1.30. The number of hydrogen-bond donors (Lipinski definition) is 2. The maximum Gasteiger partial charge on any atom is 0.223 e. The van der Waals surface area contributed by atoms with Crippen molar-refractivity contribution in [2.45, 2.75) is 23.5 Å². The van der Waals surface area contributed by atoms with Gasteiger partial charge in [0.15, 0.2) is 15.0 Å². The Hall–Kier alpha value is -2.03. The molecule has 6 nitrogen and oxygen atoms in total. The van der Waals surface area contributed by atoms with E-state index >= 15 is 0 Å². The molecule has 0 saturated carbocycles. The molecule has 0 radical (unpaired) electrons. The number of nitrogens with zero attached hydrogens (tertiary/aromatic N) is 1. The van der Waals surface area contributed by atoms with E-state index in [0.717, 1.165) is 5.56 Å². The van der Waals surface area contributed by atoms with E-state index in [1.165, 1.54) is 36.5 Å². The van der Waals surface area contributed by atoms with Gasteiger partial charge < -0.3 is 10.4 Å². The second-order valence-electron chi connectivity index (χ2n) is 5.07. The lowest BCUT2D eigenvalue weighted by molar-refractivity contribution is -0.114. The summed E-state index contributed by atoms with van der Waals surface area (Å²) in [5.41, 5.74) is 1.41. The van der Waals surface area contributed by atoms with Gasteiger partial charge in [0.2, 0.25) is 5.91 Å². The van der Waals surface area contributed by atoms with Gasteiger partial charge in [0.1, 0.15) is 0 Å². The third-order valence-electron chi connectivity index (χ3n) is 3.34. The Balaban J connectivity index is 2.25. The number of rotatable bonds is 7. The lowest BCUT2D eigenvalue weighted by atomic mass is 10.2. The van der Waals surface area contributed by atoms with Crippen LogP contribution in [-0.2, 0) is 14.6 Å². The number of amides is 1. The quantitative estimate of drug-likeness (QED) is 0.734. The van der Waals surface area contributed by atoms with E-state index in [4.69, 9.17) is 5.11 Å². The predicted octanol–water partition coefficient (Wildman–Crippen LogP) is 2.48. The fourth-order valence-electron chi connectivity index (χ4n) is 2.13. The number of hydrogen-bond acceptors (Lipinski definition) is 6. The Kier molecular flexibility index (Phi) is 5.87. The minimum Gasteiger partial charge on any atom is -0.396 e. The van der Waals surface area contributed by atoms with E-state index in [-0.39, 0.29) is 23.8 Å². The van der Waals surface area contributed by atoms with Crippen molar-refractivity contribution < 1.29 is 18.3 Å². The van der Waals surface area contributed by atoms with Crippen molar-refractivity contribution in [3.8, 4) is 11.3 Å². The largest absolute Gasteiger partial charge is 0.396 e. The highest BCUT2D eigenvalue weighted by Gasteiger charge is 2.24. The summed E-state index contributed by atoms with van der Waals surface area (Å²) in [6, 6.07) is 6.35. The number of nitrogens with one attached hydrogen (secondary N) is 1. The molecule has 1 heterocycles. The van der Waals surface area contributed by atoms with Crippen LogP contribution in [0.25, 0.3) is 11.3 Å². The van der Waals surface area contributed by atoms with E-state index in [1.807, 2.05) is 0 Å². The van der Waals surface area contributed by atoms with Gasteiger partial charge in [-0.1, -0.05) is 18.2 Å². The van der Waals surface area contributed by atoms with Crippen molar-refractivity contribution in [2.24, 2.45) is 0 Å². The smallest absolute Gasteiger partial charge is 0.223 e. The molecule has 0 aliphatic rings. The summed E-state index contributed by atoms with van der Waals surface area (Å²) in [6.07, 6.45) is 1.44. The van der Waals surface area contributed by atoms with Gasteiger partial charge in [0.25, 0.3) is 0 Å². The predicted molar refractivity (Wildman–Crippen MR) is 94.7 cm³/mol. The highest BCUT2D eigenvalue weighted by atomic mass is 32.2. The molecule has 1 aromatic heterocycles. The Morgan fingerprint density at radius 3 is 2.62 bits per heavy atom. The lowest BCUT2D eigenvalue weighted by Gasteiger charge is -2.12. The molecule has 0 spiro atoms. The van der Waals surface area contributed by atoms with Crippen LogP contribution >= 0.6 is 11.3 Å². The zero-order chi connectivity index (χ0) is 17.7. The molecule has 1 aromatic carbocycles. The molecule has 0 bridgehead atoms. The molecular weight excluding hydrogens is 348 g/mol. The van der Waals surface area contributed by atoms with E-state index in [0.29, 0.717) is 10.8 Å². The van der Waals surface area contributed by atoms with Crippen molar-refractivity contribution in [3.63, 3.8) is 0 Å². The summed E-state index contributed by atoms with van der Waals surface area (Å²) < 4.78 is 25.0. The Morgan fingerprint density at radius 2 is 2.08 bits per heavy atom. The minimum absolute atomic E-state index is 0.111. The Bertz CT molecular complexity index is 826. The van der Waals surface area contributed by atoms with E-state index < -0.39 is 15.1 Å². The number of aliphatic hydroxyl groups is 1. The van der Waals surface area contributed by atoms with Crippen LogP contribution in [0.3, 0.4) is 0 Å². The summed E-state index contributed by atoms with van der Waals surface area (Å²) in [7, 11) is -3.58. The van der Waals surface area contributed by atoms with Crippen molar-refractivity contribution in [1.29, 1.82) is 0 Å². The van der Waals surface area contributed by atoms with Crippen molar-refractivity contribution in [1.82, 2.24) is 4.98 Å². The van der Waals surface area contributed by atoms with E-state index in [2.05, 4.69) is 16.9 Å². The van der Waals surface area contributed by atoms with Gasteiger partial charge in [-0.2, -0.15) is 0 Å². The monoisotopic (exact) mass is 366 g/mol. The molecule has 2 N–H and O–H groups in total. The Morgan fingerprint density at radius 1 is 1.42 bits per heavy atom. The number of aromatic nitrogens is 1. The van der Waals surface area contributed by atoms with Gasteiger partial charge in [-0.15, -0.1) is 17.9 Å². The van der Waals surface area contributed by atoms with Crippen molar-refractivity contribution >= 4 is 32.2 Å². The first-order chi connectivity index (χ1) is 11.4. The summed E-state index contributed by atoms with van der Waals surface area (Å²) in [6.45, 7) is 4.71. The third kappa shape index (κ3) is 4.08. The van der Waals surface area contributed by atoms with Gasteiger partial charge in [0, 0.05) is 24.5 Å². The van der Waals surface area contributed by atoms with Crippen LogP contribution in [-0.4, -0.2) is 36.3 Å². The molecule has 0 aliphatic heterocycles. The van der Waals surface area contributed by atoms with Gasteiger partial charge in [0.05, 0.1) is 15.8 Å². The molecule has 0 fully saturated rings. The molecule has 2 aromatic rings. The van der Waals surface area contributed by atoms with Crippen LogP contribution in [0.1, 0.15) is 13.3 Å². The number of thiazole rings is 1. The molecular formula is C16H18N2O4S2. The summed E-state index contributed by atoms with van der Waals surface area (Å²) in [5.74, 6) is -0.198. The number of anilines is 1. The summed E-state index contributed by atoms with van der Waals surface area (Å²) in [4.78, 5) is 15.5. The van der Waals surface area contributed by atoms with Crippen LogP contribution in [0.15, 0.2) is 47.2 Å². The fourth-order valence-corrected chi connectivity index (χ4v) is 4.43. The molecule has 2 rings (SSSR count). The molecule has 0 aliphatic carbocycles. The van der Waals surface area contributed by atoms with Crippen LogP contribution in [0.5, 0.6) is 0 Å². The number of sulfone groups is 1. The fraction of sp³-hybridized carbons (Fsp3) is 0.250. The number of benzene rings is 1. The maximum absolute atomic E-state index is 12.5. The van der Waals surface area contributed by atoms with Gasteiger partial charge in [-0.05, 0) is 18.6 Å². The van der Waals surface area contributed by atoms with Gasteiger partial charge >= 0.3 is 0 Å². The zero-order valence-corrected chi connectivity index (χ0v) is 14.7. The van der Waals surface area contributed by atoms with Crippen LogP contribution in [0.2, 0.25) is 0 Å². The molecule has 8 heteroatoms. The number of aliphatic hydroxyl groups excluding tert-OH is 1. The number of carbonyl (C=O) groups excluding carboxylic acids is 1. The maximum atomic E-state index is 12.5. The molecule has 0 saturated heterocycles. The topological polar surface area (TPSA) is 96.4 Å². The first-order valence-corrected chi connectivity index (χ1v) is 9.62. The average molecular weight is 366 g/mol. The van der Waals surface area contributed by atoms with E-state index in [1.54, 1.807) is 17.5 Å². The Labute approximate surface area is 144 Å². The molecule has 1 amide bonds. The number of carbonyl (C=O) groups is 1. The highest BCUT2D eigenvalue weighted by molar-refractivity contribution is 7.92. The molecule has 1 unspecified atom stereocenters. The third-order valence-corrected chi connectivity index (χ3v) is 6.25. The molecule has 1 atom stereocenters. The molecule has 128 valence electrons. The summed E-state index contributed by atoms with van der Waals surface area (Å²) in [5, 5.41) is 13.0. The van der Waals surface area contributed by atoms with Crippen LogP contribution < -0.4 is 5.32 Å². The van der Waals surface area contributed by atoms with Crippen LogP contribution in [0.4, 0.5) is 5.13 Å². The van der Waals surface area contributed by atoms with Crippen molar-refractivity contribution in [2.75, 3.05) is 11.9 Å². The second kappa shape index (κ2) is 7.69. The molecule has 24 heavy (non-hydrogen) atoms. The highest BCUT2D eigenvalue weighted by Crippen LogP contribution is 2.27. The first kappa shape index (κ1) is 18.3. The van der Waals surface area contributed by atoms with Crippen molar-refractivity contribution in [3.05, 3.63) is 42.3 Å². The zero-order valence-electron chi connectivity index (χ0n) is 13.1. The first-order valence-electron chi connectivity index (χ1n) is 7.19. The van der Waals surface area contributed by atoms with Gasteiger partial charge in [-0.25, -0.2) is 13.4 Å². The SMILES string of the molecule is C=CC(CCO)S(=O)(=O)c1ccc(-c2csc(NC(C)=O)n2)cc1. The normalized spacial score (nSPS) is 12.6. The van der Waals surface area contributed by atoms with Gasteiger partial charge in [-0.3, -0.25) is 4.79 Å².